The molecule has 0 aliphatic carbocycles. The first kappa shape index (κ1) is 27.9. The topological polar surface area (TPSA) is 8.17 Å². The predicted molar refractivity (Wildman–Crippen MR) is 204 cm³/mol. The molecule has 0 aliphatic rings. The average Bonchev–Trinajstić information content (AvgIpc) is 3.51. The Morgan fingerprint density at radius 2 is 0.854 bits per heavy atom. The Bertz CT molecular complexity index is 2490. The summed E-state index contributed by atoms with van der Waals surface area (Å²) in [5, 5.41) is 4.97. The highest BCUT2D eigenvalue weighted by Gasteiger charge is 2.18. The van der Waals surface area contributed by atoms with Gasteiger partial charge < -0.3 is 9.47 Å². The van der Waals surface area contributed by atoms with E-state index in [1.807, 2.05) is 0 Å². The lowest BCUT2D eigenvalue weighted by Gasteiger charge is -2.27. The van der Waals surface area contributed by atoms with Gasteiger partial charge in [0, 0.05) is 38.8 Å². The van der Waals surface area contributed by atoms with Crippen LogP contribution in [0.1, 0.15) is 0 Å². The fourth-order valence-corrected chi connectivity index (χ4v) is 7.24. The summed E-state index contributed by atoms with van der Waals surface area (Å²) in [7, 11) is 0. The molecule has 0 spiro atoms. The van der Waals surface area contributed by atoms with E-state index in [1.54, 1.807) is 0 Å². The molecule has 0 aliphatic heterocycles. The van der Waals surface area contributed by atoms with E-state index in [1.165, 1.54) is 60.5 Å². The third kappa shape index (κ3) is 4.66. The highest BCUT2D eigenvalue weighted by atomic mass is 15.1. The standard InChI is InChI=1S/C46H32N2/c1-4-15-35(16-5-1)47(36-17-6-2-7-18-36)45-32-31-38(40-21-10-11-22-41(40)45)33-27-29-34(30-28-33)39-24-14-25-43-42-23-12-13-26-44(42)48(46(39)43)37-19-8-3-9-20-37/h1-32H. The van der Waals surface area contributed by atoms with Crippen molar-refractivity contribution in [2.75, 3.05) is 4.90 Å². The quantitative estimate of drug-likeness (QED) is 0.181. The maximum absolute atomic E-state index is 2.41. The Labute approximate surface area is 280 Å². The van der Waals surface area contributed by atoms with Gasteiger partial charge in [0.2, 0.25) is 0 Å². The molecule has 9 rings (SSSR count). The van der Waals surface area contributed by atoms with Crippen molar-refractivity contribution in [3.63, 3.8) is 0 Å². The number of anilines is 3. The van der Waals surface area contributed by atoms with Gasteiger partial charge >= 0.3 is 0 Å². The Morgan fingerprint density at radius 1 is 0.333 bits per heavy atom. The minimum atomic E-state index is 1.13. The molecule has 0 unspecified atom stereocenters. The summed E-state index contributed by atoms with van der Waals surface area (Å²) < 4.78 is 2.41. The number of hydrogen-bond donors (Lipinski definition) is 0. The number of rotatable bonds is 6. The number of benzene rings is 8. The van der Waals surface area contributed by atoms with Gasteiger partial charge in [0.05, 0.1) is 16.7 Å². The Morgan fingerprint density at radius 3 is 1.52 bits per heavy atom. The molecule has 0 atom stereocenters. The van der Waals surface area contributed by atoms with Crippen LogP contribution in [-0.2, 0) is 0 Å². The molecule has 0 radical (unpaired) electrons. The van der Waals surface area contributed by atoms with Crippen LogP contribution in [0.25, 0.3) is 60.5 Å². The molecule has 0 fully saturated rings. The van der Waals surface area contributed by atoms with Gasteiger partial charge in [-0.2, -0.15) is 0 Å². The summed E-state index contributed by atoms with van der Waals surface area (Å²) in [6.45, 7) is 0. The first-order chi connectivity index (χ1) is 23.8. The number of aromatic nitrogens is 1. The Hall–Kier alpha value is -6.38. The minimum absolute atomic E-state index is 1.13. The van der Waals surface area contributed by atoms with Crippen LogP contribution in [0.3, 0.4) is 0 Å². The van der Waals surface area contributed by atoms with Gasteiger partial charge in [-0.05, 0) is 70.6 Å². The average molecular weight is 613 g/mol. The summed E-state index contributed by atoms with van der Waals surface area (Å²) in [4.78, 5) is 2.35. The Kier molecular flexibility index (Phi) is 6.84. The van der Waals surface area contributed by atoms with Crippen LogP contribution >= 0.6 is 0 Å². The zero-order valence-electron chi connectivity index (χ0n) is 26.4. The van der Waals surface area contributed by atoms with Crippen LogP contribution in [0, 0.1) is 0 Å². The van der Waals surface area contributed by atoms with Crippen LogP contribution in [0.2, 0.25) is 0 Å². The van der Waals surface area contributed by atoms with Crippen molar-refractivity contribution in [3.8, 4) is 27.9 Å². The first-order valence-corrected chi connectivity index (χ1v) is 16.5. The molecule has 0 N–H and O–H groups in total. The third-order valence-corrected chi connectivity index (χ3v) is 9.39. The molecular formula is C46H32N2. The van der Waals surface area contributed by atoms with Crippen molar-refractivity contribution >= 4 is 49.6 Å². The smallest absolute Gasteiger partial charge is 0.0619 e. The highest BCUT2D eigenvalue weighted by Crippen LogP contribution is 2.43. The van der Waals surface area contributed by atoms with E-state index in [4.69, 9.17) is 0 Å². The maximum atomic E-state index is 2.41. The van der Waals surface area contributed by atoms with Crippen LogP contribution < -0.4 is 4.90 Å². The Balaban J connectivity index is 1.18. The van der Waals surface area contributed by atoms with Gasteiger partial charge in [-0.25, -0.2) is 0 Å². The summed E-state index contributed by atoms with van der Waals surface area (Å²) in [5.74, 6) is 0. The molecule has 48 heavy (non-hydrogen) atoms. The molecule has 226 valence electrons. The van der Waals surface area contributed by atoms with Crippen molar-refractivity contribution in [1.29, 1.82) is 0 Å². The van der Waals surface area contributed by atoms with Crippen molar-refractivity contribution in [2.45, 2.75) is 0 Å². The lowest BCUT2D eigenvalue weighted by Crippen LogP contribution is -2.10. The fraction of sp³-hybridized carbons (Fsp3) is 0. The van der Waals surface area contributed by atoms with Gasteiger partial charge in [0.1, 0.15) is 0 Å². The first-order valence-electron chi connectivity index (χ1n) is 16.5. The molecule has 8 aromatic carbocycles. The van der Waals surface area contributed by atoms with Crippen LogP contribution in [0.4, 0.5) is 17.1 Å². The monoisotopic (exact) mass is 612 g/mol. The van der Waals surface area contributed by atoms with Crippen LogP contribution in [0.5, 0.6) is 0 Å². The lowest BCUT2D eigenvalue weighted by molar-refractivity contribution is 1.18. The lowest BCUT2D eigenvalue weighted by atomic mass is 9.94. The second-order valence-electron chi connectivity index (χ2n) is 12.2. The summed E-state index contributed by atoms with van der Waals surface area (Å²) in [6.07, 6.45) is 0. The molecule has 0 bridgehead atoms. The molecule has 1 aromatic heterocycles. The molecular weight excluding hydrogens is 581 g/mol. The number of nitrogens with zero attached hydrogens (tertiary/aromatic N) is 2. The molecule has 1 heterocycles. The predicted octanol–water partition coefficient (Wildman–Crippen LogP) is 12.7. The molecule has 0 saturated carbocycles. The summed E-state index contributed by atoms with van der Waals surface area (Å²) in [5.41, 5.74) is 11.9. The second kappa shape index (κ2) is 11.8. The van der Waals surface area contributed by atoms with Crippen molar-refractivity contribution < 1.29 is 0 Å². The molecule has 0 saturated heterocycles. The second-order valence-corrected chi connectivity index (χ2v) is 12.2. The number of para-hydroxylation sites is 5. The summed E-state index contributed by atoms with van der Waals surface area (Å²) in [6, 6.07) is 69.7. The van der Waals surface area contributed by atoms with E-state index in [9.17, 15) is 0 Å². The van der Waals surface area contributed by atoms with Crippen molar-refractivity contribution in [3.05, 3.63) is 194 Å². The third-order valence-electron chi connectivity index (χ3n) is 9.39. The van der Waals surface area contributed by atoms with E-state index in [0.29, 0.717) is 0 Å². The molecule has 0 amide bonds. The van der Waals surface area contributed by atoms with Crippen LogP contribution in [0.15, 0.2) is 194 Å². The highest BCUT2D eigenvalue weighted by molar-refractivity contribution is 6.14. The van der Waals surface area contributed by atoms with Gasteiger partial charge in [-0.1, -0.05) is 146 Å². The molecule has 2 heteroatoms. The van der Waals surface area contributed by atoms with E-state index in [-0.39, 0.29) is 0 Å². The largest absolute Gasteiger partial charge is 0.310 e. The SMILES string of the molecule is c1ccc(N(c2ccccc2)c2ccc(-c3ccc(-c4cccc5c6ccccc6n(-c6ccccc6)c45)cc3)c3ccccc23)cc1. The minimum Gasteiger partial charge on any atom is -0.310 e. The van der Waals surface area contributed by atoms with E-state index in [0.717, 1.165) is 17.1 Å². The zero-order valence-corrected chi connectivity index (χ0v) is 26.4. The van der Waals surface area contributed by atoms with Gasteiger partial charge in [0.25, 0.3) is 0 Å². The summed E-state index contributed by atoms with van der Waals surface area (Å²) >= 11 is 0. The van der Waals surface area contributed by atoms with E-state index < -0.39 is 0 Å². The van der Waals surface area contributed by atoms with E-state index in [2.05, 4.69) is 204 Å². The molecule has 9 aromatic rings. The van der Waals surface area contributed by atoms with Crippen LogP contribution in [-0.4, -0.2) is 4.57 Å². The normalized spacial score (nSPS) is 11.3. The zero-order chi connectivity index (χ0) is 31.9. The van der Waals surface area contributed by atoms with E-state index >= 15 is 0 Å². The van der Waals surface area contributed by atoms with Gasteiger partial charge in [-0.15, -0.1) is 0 Å². The van der Waals surface area contributed by atoms with Crippen molar-refractivity contribution in [1.82, 2.24) is 4.57 Å². The van der Waals surface area contributed by atoms with Gasteiger partial charge in [0.15, 0.2) is 0 Å². The number of fused-ring (bicyclic) bond motifs is 4. The van der Waals surface area contributed by atoms with Crippen molar-refractivity contribution in [2.24, 2.45) is 0 Å². The molecule has 2 nitrogen and oxygen atoms in total. The number of hydrogen-bond acceptors (Lipinski definition) is 1. The van der Waals surface area contributed by atoms with Gasteiger partial charge in [-0.3, -0.25) is 0 Å². The maximum Gasteiger partial charge on any atom is 0.0619 e. The fourth-order valence-electron chi connectivity index (χ4n) is 7.24.